The molecule has 0 amide bonds. The van der Waals surface area contributed by atoms with Crippen LogP contribution in [0.4, 0.5) is 5.69 Å². The molecule has 0 saturated carbocycles. The summed E-state index contributed by atoms with van der Waals surface area (Å²) in [4.78, 5) is 20.2. The van der Waals surface area contributed by atoms with Gasteiger partial charge in [-0.25, -0.2) is 4.98 Å². The number of nitrogens with zero attached hydrogens (tertiary/aromatic N) is 3. The Kier molecular flexibility index (Phi) is 7.95. The molecule has 0 aliphatic heterocycles. The number of benzene rings is 3. The van der Waals surface area contributed by atoms with E-state index in [1.165, 1.54) is 16.9 Å². The molecule has 0 bridgehead atoms. The fourth-order valence-electron chi connectivity index (χ4n) is 3.77. The average Bonchev–Trinajstić information content (AvgIpc) is 3.29. The van der Waals surface area contributed by atoms with Crippen LogP contribution in [-0.4, -0.2) is 34.6 Å². The maximum atomic E-state index is 11.4. The standard InChI is InChI=1S/C27H26ClN3O2S/c1-30(15-20-7-3-2-4-8-20)23-13-11-21(12-14-23)25-19-34-26(29-25)17-31(18-27(32)33)16-22-9-5-6-10-24(22)28/h2-14,19H,15-18H2,1H3,(H,32,33). The van der Waals surface area contributed by atoms with Crippen molar-refractivity contribution in [2.75, 3.05) is 18.5 Å². The van der Waals surface area contributed by atoms with E-state index in [-0.39, 0.29) is 6.54 Å². The Morgan fingerprint density at radius 3 is 2.35 bits per heavy atom. The van der Waals surface area contributed by atoms with Gasteiger partial charge in [0.05, 0.1) is 18.8 Å². The van der Waals surface area contributed by atoms with Crippen molar-refractivity contribution in [3.05, 3.63) is 105 Å². The molecule has 3 aromatic carbocycles. The van der Waals surface area contributed by atoms with E-state index >= 15 is 0 Å². The minimum Gasteiger partial charge on any atom is -0.480 e. The van der Waals surface area contributed by atoms with Gasteiger partial charge in [-0.3, -0.25) is 9.69 Å². The van der Waals surface area contributed by atoms with Crippen LogP contribution in [0.2, 0.25) is 5.02 Å². The topological polar surface area (TPSA) is 56.7 Å². The minimum absolute atomic E-state index is 0.0808. The molecule has 0 saturated heterocycles. The zero-order chi connectivity index (χ0) is 23.9. The zero-order valence-corrected chi connectivity index (χ0v) is 20.5. The van der Waals surface area contributed by atoms with Crippen LogP contribution in [-0.2, 0) is 24.4 Å². The van der Waals surface area contributed by atoms with Crippen molar-refractivity contribution in [2.24, 2.45) is 0 Å². The summed E-state index contributed by atoms with van der Waals surface area (Å²) in [5.74, 6) is -0.876. The van der Waals surface area contributed by atoms with Crippen molar-refractivity contribution >= 4 is 34.6 Å². The quantitative estimate of drug-likeness (QED) is 0.287. The molecule has 1 heterocycles. The van der Waals surface area contributed by atoms with E-state index in [9.17, 15) is 9.90 Å². The third kappa shape index (κ3) is 6.44. The number of aliphatic carboxylic acids is 1. The predicted octanol–water partition coefficient (Wildman–Crippen LogP) is 6.19. The van der Waals surface area contributed by atoms with Crippen molar-refractivity contribution < 1.29 is 9.90 Å². The van der Waals surface area contributed by atoms with Crippen LogP contribution in [0.15, 0.2) is 84.2 Å². The number of hydrogen-bond donors (Lipinski definition) is 1. The first-order chi connectivity index (χ1) is 16.5. The Hall–Kier alpha value is -3.19. The largest absolute Gasteiger partial charge is 0.480 e. The van der Waals surface area contributed by atoms with Crippen molar-refractivity contribution in [1.82, 2.24) is 9.88 Å². The van der Waals surface area contributed by atoms with Gasteiger partial charge in [-0.1, -0.05) is 72.3 Å². The van der Waals surface area contributed by atoms with Gasteiger partial charge >= 0.3 is 5.97 Å². The van der Waals surface area contributed by atoms with Crippen LogP contribution >= 0.6 is 22.9 Å². The van der Waals surface area contributed by atoms with Crippen molar-refractivity contribution in [2.45, 2.75) is 19.6 Å². The molecule has 5 nitrogen and oxygen atoms in total. The van der Waals surface area contributed by atoms with Gasteiger partial charge in [0.2, 0.25) is 0 Å². The second kappa shape index (κ2) is 11.3. The number of hydrogen-bond acceptors (Lipinski definition) is 5. The SMILES string of the molecule is CN(Cc1ccccc1)c1ccc(-c2csc(CN(CC(=O)O)Cc3ccccc3Cl)n2)cc1. The van der Waals surface area contributed by atoms with Crippen LogP contribution < -0.4 is 4.90 Å². The van der Waals surface area contributed by atoms with Gasteiger partial charge < -0.3 is 10.0 Å². The molecule has 0 aliphatic rings. The molecule has 1 aromatic heterocycles. The second-order valence-corrected chi connectivity index (χ2v) is 9.50. The molecular formula is C27H26ClN3O2S. The van der Waals surface area contributed by atoms with Crippen LogP contribution in [0.1, 0.15) is 16.1 Å². The molecule has 0 aliphatic carbocycles. The van der Waals surface area contributed by atoms with Gasteiger partial charge in [-0.2, -0.15) is 0 Å². The van der Waals surface area contributed by atoms with Gasteiger partial charge in [-0.05, 0) is 29.3 Å². The fraction of sp³-hybridized carbons (Fsp3) is 0.185. The molecule has 34 heavy (non-hydrogen) atoms. The Balaban J connectivity index is 1.43. The summed E-state index contributed by atoms with van der Waals surface area (Å²) in [6.45, 7) is 1.65. The lowest BCUT2D eigenvalue weighted by molar-refractivity contribution is -0.138. The predicted molar refractivity (Wildman–Crippen MR) is 139 cm³/mol. The molecule has 0 unspecified atom stereocenters. The molecule has 1 N–H and O–H groups in total. The third-order valence-electron chi connectivity index (χ3n) is 5.49. The Bertz CT molecular complexity index is 1230. The first-order valence-corrected chi connectivity index (χ1v) is 12.2. The number of thiazole rings is 1. The highest BCUT2D eigenvalue weighted by Crippen LogP contribution is 2.26. The highest BCUT2D eigenvalue weighted by atomic mass is 35.5. The average molecular weight is 492 g/mol. The lowest BCUT2D eigenvalue weighted by Crippen LogP contribution is -2.29. The first-order valence-electron chi connectivity index (χ1n) is 11.0. The number of aromatic nitrogens is 1. The number of carbonyl (C=O) groups is 1. The number of rotatable bonds is 10. The normalized spacial score (nSPS) is 11.0. The molecule has 7 heteroatoms. The van der Waals surface area contributed by atoms with E-state index < -0.39 is 5.97 Å². The van der Waals surface area contributed by atoms with Crippen LogP contribution in [0.5, 0.6) is 0 Å². The summed E-state index contributed by atoms with van der Waals surface area (Å²) in [6.07, 6.45) is 0. The van der Waals surface area contributed by atoms with E-state index in [4.69, 9.17) is 16.6 Å². The molecule has 0 radical (unpaired) electrons. The van der Waals surface area contributed by atoms with Gasteiger partial charge in [-0.15, -0.1) is 11.3 Å². The highest BCUT2D eigenvalue weighted by Gasteiger charge is 2.15. The summed E-state index contributed by atoms with van der Waals surface area (Å²) in [6, 6.07) is 26.3. The molecule has 4 rings (SSSR count). The minimum atomic E-state index is -0.876. The summed E-state index contributed by atoms with van der Waals surface area (Å²) < 4.78 is 0. The van der Waals surface area contributed by atoms with Crippen LogP contribution in [0, 0.1) is 0 Å². The lowest BCUT2D eigenvalue weighted by atomic mass is 10.1. The van der Waals surface area contributed by atoms with E-state index in [1.807, 2.05) is 40.6 Å². The Morgan fingerprint density at radius 2 is 1.65 bits per heavy atom. The smallest absolute Gasteiger partial charge is 0.317 e. The van der Waals surface area contributed by atoms with E-state index in [1.54, 1.807) is 0 Å². The van der Waals surface area contributed by atoms with Crippen LogP contribution in [0.3, 0.4) is 0 Å². The Morgan fingerprint density at radius 1 is 0.941 bits per heavy atom. The third-order valence-corrected chi connectivity index (χ3v) is 6.69. The van der Waals surface area contributed by atoms with Gasteiger partial charge in [0.15, 0.2) is 0 Å². The first kappa shape index (κ1) is 24.0. The van der Waals surface area contributed by atoms with Crippen molar-refractivity contribution in [3.63, 3.8) is 0 Å². The number of carboxylic acid groups (broad SMARTS) is 1. The molecule has 0 atom stereocenters. The summed E-state index contributed by atoms with van der Waals surface area (Å²) in [7, 11) is 2.08. The number of halogens is 1. The molecule has 4 aromatic rings. The highest BCUT2D eigenvalue weighted by molar-refractivity contribution is 7.09. The maximum absolute atomic E-state index is 11.4. The monoisotopic (exact) mass is 491 g/mol. The van der Waals surface area contributed by atoms with Gasteiger partial charge in [0.25, 0.3) is 0 Å². The Labute approximate surface area is 208 Å². The summed E-state index contributed by atoms with van der Waals surface area (Å²) in [5, 5.41) is 12.9. The maximum Gasteiger partial charge on any atom is 0.317 e. The number of anilines is 1. The zero-order valence-electron chi connectivity index (χ0n) is 18.9. The lowest BCUT2D eigenvalue weighted by Gasteiger charge is -2.20. The summed E-state index contributed by atoms with van der Waals surface area (Å²) >= 11 is 7.82. The molecule has 0 spiro atoms. The summed E-state index contributed by atoms with van der Waals surface area (Å²) in [5.41, 5.74) is 5.23. The van der Waals surface area contributed by atoms with Crippen LogP contribution in [0.25, 0.3) is 11.3 Å². The van der Waals surface area contributed by atoms with Gasteiger partial charge in [0, 0.05) is 41.8 Å². The van der Waals surface area contributed by atoms with E-state index in [0.29, 0.717) is 18.1 Å². The fourth-order valence-corrected chi connectivity index (χ4v) is 4.81. The molecular weight excluding hydrogens is 466 g/mol. The van der Waals surface area contributed by atoms with E-state index in [2.05, 4.69) is 60.5 Å². The molecule has 174 valence electrons. The van der Waals surface area contributed by atoms with Gasteiger partial charge in [0.1, 0.15) is 5.01 Å². The van der Waals surface area contributed by atoms with Crippen molar-refractivity contribution in [1.29, 1.82) is 0 Å². The second-order valence-electron chi connectivity index (χ2n) is 8.15. The molecule has 0 fully saturated rings. The van der Waals surface area contributed by atoms with E-state index in [0.717, 1.165) is 34.1 Å². The van der Waals surface area contributed by atoms with Crippen molar-refractivity contribution in [3.8, 4) is 11.3 Å². The number of carboxylic acids is 1.